The zero-order valence-electron chi connectivity index (χ0n) is 19.1. The van der Waals surface area contributed by atoms with Crippen molar-refractivity contribution < 1.29 is 18.0 Å². The lowest BCUT2D eigenvalue weighted by molar-refractivity contribution is 0.0581. The molecule has 0 spiro atoms. The van der Waals surface area contributed by atoms with Crippen molar-refractivity contribution >= 4 is 5.91 Å². The molecule has 2 heterocycles. The van der Waals surface area contributed by atoms with Crippen LogP contribution in [-0.4, -0.2) is 41.9 Å². The molecule has 1 saturated heterocycles. The van der Waals surface area contributed by atoms with E-state index in [0.29, 0.717) is 23.3 Å². The fraction of sp³-hybridized carbons (Fsp3) is 0.370. The first-order chi connectivity index (χ1) is 15.9. The number of furan rings is 1. The van der Waals surface area contributed by atoms with Crippen molar-refractivity contribution in [2.45, 2.75) is 38.8 Å². The molecule has 1 aliphatic rings. The van der Waals surface area contributed by atoms with Crippen LogP contribution < -0.4 is 0 Å². The molecule has 1 amide bonds. The molecule has 2 aromatic carbocycles. The average molecular weight is 453 g/mol. The van der Waals surface area contributed by atoms with Crippen LogP contribution in [0.25, 0.3) is 0 Å². The summed E-state index contributed by atoms with van der Waals surface area (Å²) in [5.41, 5.74) is 2.25. The van der Waals surface area contributed by atoms with E-state index < -0.39 is 0 Å². The van der Waals surface area contributed by atoms with Gasteiger partial charge >= 0.3 is 0 Å². The molecular weight excluding hydrogens is 422 g/mol. The first kappa shape index (κ1) is 23.2. The highest BCUT2D eigenvalue weighted by molar-refractivity contribution is 5.95. The van der Waals surface area contributed by atoms with Crippen LogP contribution in [0.1, 0.15) is 40.1 Å². The number of amides is 1. The minimum atomic E-state index is -0.239. The zero-order valence-corrected chi connectivity index (χ0v) is 19.1. The number of aryl methyl sites for hydroxylation is 1. The molecular formula is C27H30F2N2O2. The Kier molecular flexibility index (Phi) is 7.23. The Morgan fingerprint density at radius 1 is 1.09 bits per heavy atom. The first-order valence-electron chi connectivity index (χ1n) is 11.4. The maximum absolute atomic E-state index is 14.5. The Bertz CT molecular complexity index is 1070. The highest BCUT2D eigenvalue weighted by atomic mass is 19.1. The van der Waals surface area contributed by atoms with E-state index in [1.165, 1.54) is 24.5 Å². The number of nitrogens with zero attached hydrogens (tertiary/aromatic N) is 2. The van der Waals surface area contributed by atoms with Crippen LogP contribution in [0.3, 0.4) is 0 Å². The topological polar surface area (TPSA) is 36.7 Å². The van der Waals surface area contributed by atoms with E-state index >= 15 is 0 Å². The van der Waals surface area contributed by atoms with Gasteiger partial charge in [0.05, 0.1) is 11.8 Å². The highest BCUT2D eigenvalue weighted by Gasteiger charge is 2.33. The monoisotopic (exact) mass is 452 g/mol. The molecule has 3 aromatic rings. The molecule has 6 heteroatoms. The molecule has 1 aliphatic heterocycles. The van der Waals surface area contributed by atoms with Crippen LogP contribution in [0.5, 0.6) is 0 Å². The highest BCUT2D eigenvalue weighted by Crippen LogP contribution is 2.29. The number of likely N-dealkylation sites (tertiary alicyclic amines) is 1. The van der Waals surface area contributed by atoms with Crippen molar-refractivity contribution in [1.82, 2.24) is 9.80 Å². The van der Waals surface area contributed by atoms with E-state index in [4.69, 9.17) is 4.42 Å². The van der Waals surface area contributed by atoms with Gasteiger partial charge in [-0.3, -0.25) is 9.69 Å². The van der Waals surface area contributed by atoms with Gasteiger partial charge in [0.15, 0.2) is 0 Å². The Labute approximate surface area is 193 Å². The quantitative estimate of drug-likeness (QED) is 0.478. The van der Waals surface area contributed by atoms with E-state index in [2.05, 4.69) is 4.90 Å². The van der Waals surface area contributed by atoms with Gasteiger partial charge in [0.2, 0.25) is 0 Å². The predicted octanol–water partition coefficient (Wildman–Crippen LogP) is 5.46. The molecule has 33 heavy (non-hydrogen) atoms. The standard InChI is InChI=1S/C27H30F2N2O2/c1-19-24(13-16-33-19)27(32)30(2)26(17-22-5-3-4-6-25(22)29)21-11-14-31(15-12-21)18-20-7-9-23(28)10-8-20/h3-10,13,16,21,26H,11-12,14-15,17-18H2,1-2H3/t26-/m1/s1. The molecule has 4 nitrogen and oxygen atoms in total. The van der Waals surface area contributed by atoms with Crippen LogP contribution in [0, 0.1) is 24.5 Å². The third kappa shape index (κ3) is 5.50. The molecule has 0 saturated carbocycles. The van der Waals surface area contributed by atoms with Gasteiger partial charge in [0, 0.05) is 19.6 Å². The van der Waals surface area contributed by atoms with E-state index in [9.17, 15) is 13.6 Å². The molecule has 0 aliphatic carbocycles. The summed E-state index contributed by atoms with van der Waals surface area (Å²) in [7, 11) is 1.81. The molecule has 0 unspecified atom stereocenters. The van der Waals surface area contributed by atoms with Crippen LogP contribution in [0.4, 0.5) is 8.78 Å². The van der Waals surface area contributed by atoms with Crippen LogP contribution in [-0.2, 0) is 13.0 Å². The lowest BCUT2D eigenvalue weighted by Gasteiger charge is -2.40. The van der Waals surface area contributed by atoms with E-state index in [1.807, 2.05) is 25.2 Å². The van der Waals surface area contributed by atoms with Crippen LogP contribution in [0.2, 0.25) is 0 Å². The molecule has 0 N–H and O–H groups in total. The number of halogens is 2. The number of likely N-dealkylation sites (N-methyl/N-ethyl adjacent to an activating group) is 1. The van der Waals surface area contributed by atoms with Crippen molar-refractivity contribution in [3.8, 4) is 0 Å². The van der Waals surface area contributed by atoms with Gasteiger partial charge in [0.1, 0.15) is 17.4 Å². The largest absolute Gasteiger partial charge is 0.469 e. The Morgan fingerprint density at radius 2 is 1.79 bits per heavy atom. The van der Waals surface area contributed by atoms with E-state index in [-0.39, 0.29) is 29.5 Å². The molecule has 174 valence electrons. The summed E-state index contributed by atoms with van der Waals surface area (Å²) < 4.78 is 33.0. The average Bonchev–Trinajstić information content (AvgIpc) is 3.25. The van der Waals surface area contributed by atoms with Gasteiger partial charge in [-0.05, 0) is 80.6 Å². The summed E-state index contributed by atoms with van der Waals surface area (Å²) in [6.45, 7) is 4.31. The van der Waals surface area contributed by atoms with Gasteiger partial charge in [-0.1, -0.05) is 30.3 Å². The Hall–Kier alpha value is -2.99. The van der Waals surface area contributed by atoms with Crippen molar-refractivity contribution in [2.75, 3.05) is 20.1 Å². The molecule has 1 aromatic heterocycles. The maximum atomic E-state index is 14.5. The molecule has 0 radical (unpaired) electrons. The Morgan fingerprint density at radius 3 is 2.42 bits per heavy atom. The van der Waals surface area contributed by atoms with Crippen LogP contribution >= 0.6 is 0 Å². The predicted molar refractivity (Wildman–Crippen MR) is 124 cm³/mol. The number of rotatable bonds is 7. The van der Waals surface area contributed by atoms with Gasteiger partial charge in [-0.25, -0.2) is 8.78 Å². The molecule has 1 fully saturated rings. The summed E-state index contributed by atoms with van der Waals surface area (Å²) in [6.07, 6.45) is 3.80. The lowest BCUT2D eigenvalue weighted by Crippen LogP contribution is -2.47. The smallest absolute Gasteiger partial charge is 0.257 e. The molecule has 1 atom stereocenters. The van der Waals surface area contributed by atoms with E-state index in [1.54, 1.807) is 30.0 Å². The SMILES string of the molecule is Cc1occc1C(=O)N(C)[C@H](Cc1ccccc1F)C1CCN(Cc2ccc(F)cc2)CC1. The van der Waals surface area contributed by atoms with Crippen molar-refractivity contribution in [3.05, 3.63) is 94.9 Å². The minimum absolute atomic E-state index is 0.101. The van der Waals surface area contributed by atoms with E-state index in [0.717, 1.165) is 38.0 Å². The van der Waals surface area contributed by atoms with Gasteiger partial charge in [-0.15, -0.1) is 0 Å². The second kappa shape index (κ2) is 10.3. The second-order valence-corrected chi connectivity index (χ2v) is 8.91. The fourth-order valence-electron chi connectivity index (χ4n) is 4.80. The lowest BCUT2D eigenvalue weighted by atomic mass is 9.84. The first-order valence-corrected chi connectivity index (χ1v) is 11.4. The molecule has 4 rings (SSSR count). The summed E-state index contributed by atoms with van der Waals surface area (Å²) in [5.74, 6) is 0.266. The third-order valence-corrected chi connectivity index (χ3v) is 6.79. The number of hydrogen-bond donors (Lipinski definition) is 0. The van der Waals surface area contributed by atoms with Crippen molar-refractivity contribution in [1.29, 1.82) is 0 Å². The van der Waals surface area contributed by atoms with Gasteiger partial charge < -0.3 is 9.32 Å². The Balaban J connectivity index is 1.48. The number of piperidine rings is 1. The number of carbonyl (C=O) groups excluding carboxylic acids is 1. The number of carbonyl (C=O) groups is 1. The summed E-state index contributed by atoms with van der Waals surface area (Å²) >= 11 is 0. The maximum Gasteiger partial charge on any atom is 0.257 e. The van der Waals surface area contributed by atoms with Gasteiger partial charge in [-0.2, -0.15) is 0 Å². The number of hydrogen-bond acceptors (Lipinski definition) is 3. The van der Waals surface area contributed by atoms with Crippen molar-refractivity contribution in [2.24, 2.45) is 5.92 Å². The summed E-state index contributed by atoms with van der Waals surface area (Å²) in [4.78, 5) is 17.4. The van der Waals surface area contributed by atoms with Crippen LogP contribution in [0.15, 0.2) is 65.3 Å². The van der Waals surface area contributed by atoms with Gasteiger partial charge in [0.25, 0.3) is 5.91 Å². The summed E-state index contributed by atoms with van der Waals surface area (Å²) in [6, 6.07) is 15.0. The second-order valence-electron chi connectivity index (χ2n) is 8.91. The normalized spacial score (nSPS) is 16.0. The minimum Gasteiger partial charge on any atom is -0.469 e. The molecule has 0 bridgehead atoms. The fourth-order valence-corrected chi connectivity index (χ4v) is 4.80. The third-order valence-electron chi connectivity index (χ3n) is 6.79. The zero-order chi connectivity index (χ0) is 23.4. The summed E-state index contributed by atoms with van der Waals surface area (Å²) in [5, 5.41) is 0. The van der Waals surface area contributed by atoms with Crippen molar-refractivity contribution in [3.63, 3.8) is 0 Å². The number of benzene rings is 2.